The van der Waals surface area contributed by atoms with E-state index in [0.29, 0.717) is 17.8 Å². The fourth-order valence-corrected chi connectivity index (χ4v) is 4.24. The summed E-state index contributed by atoms with van der Waals surface area (Å²) < 4.78 is 1.55. The molecule has 1 heterocycles. The van der Waals surface area contributed by atoms with E-state index in [0.717, 1.165) is 16.8 Å². The highest BCUT2D eigenvalue weighted by atomic mass is 16.3. The van der Waals surface area contributed by atoms with Crippen LogP contribution in [-0.4, -0.2) is 27.0 Å². The minimum Gasteiger partial charge on any atom is -0.391 e. The Balaban J connectivity index is 1.62. The number of aromatic nitrogens is 2. The number of anilines is 1. The van der Waals surface area contributed by atoms with Crippen LogP contribution >= 0.6 is 0 Å². The number of H-pyrrole nitrogens is 1. The number of fused-ring (bicyclic) bond motifs is 1. The van der Waals surface area contributed by atoms with Crippen molar-refractivity contribution in [3.8, 4) is 5.69 Å². The van der Waals surface area contributed by atoms with Crippen LogP contribution in [0.15, 0.2) is 59.4 Å². The number of nitrogens with zero attached hydrogens (tertiary/aromatic N) is 1. The Bertz CT molecular complexity index is 1130. The highest BCUT2D eigenvalue weighted by Gasteiger charge is 2.39. The quantitative estimate of drug-likeness (QED) is 0.537. The molecule has 0 aliphatic heterocycles. The SMILES string of the molecule is Cc1c(NC(=O)NC2c3ccccc3C(C)(C)C[C@H]2O)n(-c2ccccc2)[nH]c1=O. The molecular formula is C23H26N4O3. The van der Waals surface area contributed by atoms with Crippen LogP contribution in [0.4, 0.5) is 10.6 Å². The monoisotopic (exact) mass is 406 g/mol. The van der Waals surface area contributed by atoms with Crippen molar-refractivity contribution in [2.75, 3.05) is 5.32 Å². The summed E-state index contributed by atoms with van der Waals surface area (Å²) >= 11 is 0. The maximum absolute atomic E-state index is 12.9. The zero-order chi connectivity index (χ0) is 21.5. The zero-order valence-corrected chi connectivity index (χ0v) is 17.3. The van der Waals surface area contributed by atoms with Gasteiger partial charge in [0.1, 0.15) is 5.82 Å². The third-order valence-corrected chi connectivity index (χ3v) is 5.79. The van der Waals surface area contributed by atoms with Crippen LogP contribution in [0.3, 0.4) is 0 Å². The van der Waals surface area contributed by atoms with Gasteiger partial charge in [-0.1, -0.05) is 56.3 Å². The standard InChI is InChI=1S/C23H26N4O3/c1-14-20(27(26-21(14)29)15-9-5-4-6-10-15)25-22(30)24-19-16-11-7-8-12-17(16)23(2,3)13-18(19)28/h4-12,18-19,28H,13H2,1-3H3,(H,26,29)(H2,24,25,30)/t18-,19?/m1/s1. The van der Waals surface area contributed by atoms with Gasteiger partial charge in [-0.05, 0) is 42.0 Å². The maximum Gasteiger partial charge on any atom is 0.320 e. The first kappa shape index (κ1) is 20.0. The number of carbonyl (C=O) groups is 1. The first-order valence-corrected chi connectivity index (χ1v) is 10.00. The number of nitrogens with one attached hydrogen (secondary N) is 3. The summed E-state index contributed by atoms with van der Waals surface area (Å²) in [5, 5.41) is 19.2. The van der Waals surface area contributed by atoms with Gasteiger partial charge < -0.3 is 10.4 Å². The molecule has 4 N–H and O–H groups in total. The van der Waals surface area contributed by atoms with Crippen LogP contribution in [0.25, 0.3) is 5.69 Å². The number of benzene rings is 2. The van der Waals surface area contributed by atoms with Crippen molar-refractivity contribution in [1.29, 1.82) is 0 Å². The average Bonchev–Trinajstić information content (AvgIpc) is 3.00. The van der Waals surface area contributed by atoms with Gasteiger partial charge in [0.25, 0.3) is 5.56 Å². The lowest BCUT2D eigenvalue weighted by molar-refractivity contribution is 0.0883. The predicted octanol–water partition coefficient (Wildman–Crippen LogP) is 3.38. The number of aromatic amines is 1. The molecule has 30 heavy (non-hydrogen) atoms. The molecular weight excluding hydrogens is 380 g/mol. The third-order valence-electron chi connectivity index (χ3n) is 5.79. The molecule has 1 aliphatic rings. The summed E-state index contributed by atoms with van der Waals surface area (Å²) in [6, 6.07) is 16.1. The molecule has 7 nitrogen and oxygen atoms in total. The van der Waals surface area contributed by atoms with E-state index in [9.17, 15) is 14.7 Å². The Morgan fingerprint density at radius 2 is 1.80 bits per heavy atom. The van der Waals surface area contributed by atoms with Crippen molar-refractivity contribution in [3.05, 3.63) is 81.6 Å². The molecule has 3 aromatic rings. The number of urea groups is 1. The van der Waals surface area contributed by atoms with E-state index in [1.54, 1.807) is 11.6 Å². The molecule has 0 spiro atoms. The summed E-state index contributed by atoms with van der Waals surface area (Å²) in [4.78, 5) is 25.1. The maximum atomic E-state index is 12.9. The summed E-state index contributed by atoms with van der Waals surface area (Å²) in [5.74, 6) is 0.364. The van der Waals surface area contributed by atoms with Crippen LogP contribution in [-0.2, 0) is 5.41 Å². The largest absolute Gasteiger partial charge is 0.391 e. The third kappa shape index (κ3) is 3.52. The zero-order valence-electron chi connectivity index (χ0n) is 17.3. The lowest BCUT2D eigenvalue weighted by atomic mass is 9.70. The van der Waals surface area contributed by atoms with Crippen molar-refractivity contribution < 1.29 is 9.90 Å². The number of hydrogen-bond acceptors (Lipinski definition) is 3. The van der Waals surface area contributed by atoms with Crippen LogP contribution < -0.4 is 16.2 Å². The van der Waals surface area contributed by atoms with Crippen molar-refractivity contribution in [1.82, 2.24) is 15.1 Å². The summed E-state index contributed by atoms with van der Waals surface area (Å²) in [6.07, 6.45) is -0.184. The Morgan fingerprint density at radius 1 is 1.13 bits per heavy atom. The van der Waals surface area contributed by atoms with Gasteiger partial charge in [0, 0.05) is 0 Å². The Hall–Kier alpha value is -3.32. The van der Waals surface area contributed by atoms with Gasteiger partial charge >= 0.3 is 6.03 Å². The van der Waals surface area contributed by atoms with Crippen molar-refractivity contribution >= 4 is 11.8 Å². The molecule has 0 saturated carbocycles. The molecule has 1 aromatic heterocycles. The fourth-order valence-electron chi connectivity index (χ4n) is 4.24. The molecule has 156 valence electrons. The molecule has 0 saturated heterocycles. The van der Waals surface area contributed by atoms with E-state index in [4.69, 9.17) is 0 Å². The van der Waals surface area contributed by atoms with E-state index in [-0.39, 0.29) is 11.0 Å². The number of para-hydroxylation sites is 1. The van der Waals surface area contributed by atoms with Crippen molar-refractivity contribution in [2.24, 2.45) is 0 Å². The van der Waals surface area contributed by atoms with Crippen LogP contribution in [0.1, 0.15) is 43.0 Å². The van der Waals surface area contributed by atoms with E-state index < -0.39 is 18.2 Å². The number of amides is 2. The van der Waals surface area contributed by atoms with E-state index >= 15 is 0 Å². The van der Waals surface area contributed by atoms with Crippen LogP contribution in [0, 0.1) is 6.92 Å². The number of aliphatic hydroxyl groups excluding tert-OH is 1. The predicted molar refractivity (Wildman–Crippen MR) is 116 cm³/mol. The molecule has 1 aliphatic carbocycles. The molecule has 7 heteroatoms. The Morgan fingerprint density at radius 3 is 2.53 bits per heavy atom. The number of rotatable bonds is 3. The van der Waals surface area contributed by atoms with E-state index in [2.05, 4.69) is 29.6 Å². The molecule has 0 fully saturated rings. The summed E-state index contributed by atoms with van der Waals surface area (Å²) in [7, 11) is 0. The van der Waals surface area contributed by atoms with E-state index in [1.807, 2.05) is 54.6 Å². The molecule has 2 atom stereocenters. The van der Waals surface area contributed by atoms with Gasteiger partial charge in [0.15, 0.2) is 0 Å². The lowest BCUT2D eigenvalue weighted by Crippen LogP contribution is -2.45. The second-order valence-corrected chi connectivity index (χ2v) is 8.40. The molecule has 2 amide bonds. The second-order valence-electron chi connectivity index (χ2n) is 8.40. The van der Waals surface area contributed by atoms with Crippen molar-refractivity contribution in [2.45, 2.75) is 44.8 Å². The number of carbonyl (C=O) groups excluding carboxylic acids is 1. The van der Waals surface area contributed by atoms with Gasteiger partial charge in [0.05, 0.1) is 23.4 Å². The van der Waals surface area contributed by atoms with Gasteiger partial charge in [0.2, 0.25) is 0 Å². The topological polar surface area (TPSA) is 99.1 Å². The molecule has 2 aromatic carbocycles. The smallest absolute Gasteiger partial charge is 0.320 e. The van der Waals surface area contributed by atoms with Gasteiger partial charge in [-0.2, -0.15) is 0 Å². The minimum atomic E-state index is -0.718. The van der Waals surface area contributed by atoms with Crippen molar-refractivity contribution in [3.63, 3.8) is 0 Å². The highest BCUT2D eigenvalue weighted by molar-refractivity contribution is 5.89. The molecule has 1 unspecified atom stereocenters. The highest BCUT2D eigenvalue weighted by Crippen LogP contribution is 2.41. The summed E-state index contributed by atoms with van der Waals surface area (Å²) in [6.45, 7) is 5.83. The van der Waals surface area contributed by atoms with E-state index in [1.165, 1.54) is 0 Å². The first-order chi connectivity index (χ1) is 14.3. The molecule has 0 radical (unpaired) electrons. The fraction of sp³-hybridized carbons (Fsp3) is 0.304. The summed E-state index contributed by atoms with van der Waals surface area (Å²) in [5.41, 5.74) is 2.68. The second kappa shape index (κ2) is 7.50. The van der Waals surface area contributed by atoms with Crippen LogP contribution in [0.2, 0.25) is 0 Å². The van der Waals surface area contributed by atoms with Crippen LogP contribution in [0.5, 0.6) is 0 Å². The van der Waals surface area contributed by atoms with Gasteiger partial charge in [-0.15, -0.1) is 0 Å². The minimum absolute atomic E-state index is 0.185. The number of hydrogen-bond donors (Lipinski definition) is 4. The van der Waals surface area contributed by atoms with Gasteiger partial charge in [-0.25, -0.2) is 9.48 Å². The Kier molecular flexibility index (Phi) is 4.99. The first-order valence-electron chi connectivity index (χ1n) is 10.00. The Labute approximate surface area is 174 Å². The molecule has 4 rings (SSSR count). The molecule has 0 bridgehead atoms. The lowest BCUT2D eigenvalue weighted by Gasteiger charge is -2.40. The van der Waals surface area contributed by atoms with Gasteiger partial charge in [-0.3, -0.25) is 15.2 Å². The average molecular weight is 406 g/mol. The number of aliphatic hydroxyl groups is 1. The normalized spacial score (nSPS) is 19.7.